The van der Waals surface area contributed by atoms with Gasteiger partial charge >= 0.3 is 0 Å². The number of aliphatic hydroxyl groups is 1. The topological polar surface area (TPSA) is 69.6 Å². The second-order valence-electron chi connectivity index (χ2n) is 4.88. The van der Waals surface area contributed by atoms with Crippen molar-refractivity contribution in [1.29, 1.82) is 0 Å². The molecular formula is C12H26N2O3S. The second kappa shape index (κ2) is 7.43. The minimum absolute atomic E-state index is 0.00329. The Morgan fingerprint density at radius 2 is 2.06 bits per heavy atom. The number of nitrogens with zero attached hydrogens (tertiary/aromatic N) is 1. The quantitative estimate of drug-likeness (QED) is 0.680. The molecule has 0 aromatic rings. The monoisotopic (exact) mass is 278 g/mol. The van der Waals surface area contributed by atoms with E-state index in [-0.39, 0.29) is 31.0 Å². The lowest BCUT2D eigenvalue weighted by atomic mass is 10.2. The summed E-state index contributed by atoms with van der Waals surface area (Å²) in [6, 6.07) is 0.0779. The van der Waals surface area contributed by atoms with E-state index < -0.39 is 10.0 Å². The summed E-state index contributed by atoms with van der Waals surface area (Å²) in [5.74, 6) is 0.156. The van der Waals surface area contributed by atoms with Crippen molar-refractivity contribution in [3.05, 3.63) is 0 Å². The Labute approximate surface area is 111 Å². The molecule has 0 spiro atoms. The fourth-order valence-electron chi connectivity index (χ4n) is 2.59. The summed E-state index contributed by atoms with van der Waals surface area (Å²) in [7, 11) is -3.28. The molecule has 0 bridgehead atoms. The van der Waals surface area contributed by atoms with Crippen LogP contribution in [0.2, 0.25) is 0 Å². The molecule has 2 N–H and O–H groups in total. The molecule has 108 valence electrons. The van der Waals surface area contributed by atoms with Crippen LogP contribution < -0.4 is 5.32 Å². The maximum absolute atomic E-state index is 12.4. The van der Waals surface area contributed by atoms with Crippen LogP contribution >= 0.6 is 0 Å². The third kappa shape index (κ3) is 4.19. The fraction of sp³-hybridized carbons (Fsp3) is 1.00. The SMILES string of the molecule is CCC(CC)N(CCO)S(=O)(=O)CC1CCCN1. The van der Waals surface area contributed by atoms with Gasteiger partial charge in [-0.05, 0) is 32.2 Å². The summed E-state index contributed by atoms with van der Waals surface area (Å²) in [4.78, 5) is 0. The molecule has 1 aliphatic heterocycles. The van der Waals surface area contributed by atoms with E-state index in [1.54, 1.807) is 0 Å². The first-order valence-corrected chi connectivity index (χ1v) is 8.49. The first-order valence-electron chi connectivity index (χ1n) is 6.88. The predicted molar refractivity (Wildman–Crippen MR) is 73.0 cm³/mol. The normalized spacial score (nSPS) is 21.1. The molecule has 1 aliphatic rings. The predicted octanol–water partition coefficient (Wildman–Crippen LogP) is 0.551. The van der Waals surface area contributed by atoms with Crippen molar-refractivity contribution >= 4 is 10.0 Å². The van der Waals surface area contributed by atoms with E-state index in [0.29, 0.717) is 0 Å². The van der Waals surface area contributed by atoms with Gasteiger partial charge in [-0.3, -0.25) is 0 Å². The number of aliphatic hydroxyl groups excluding tert-OH is 1. The van der Waals surface area contributed by atoms with Crippen molar-refractivity contribution in [3.63, 3.8) is 0 Å². The highest BCUT2D eigenvalue weighted by atomic mass is 32.2. The first kappa shape index (κ1) is 15.9. The Morgan fingerprint density at radius 1 is 1.39 bits per heavy atom. The van der Waals surface area contributed by atoms with Crippen LogP contribution in [0.1, 0.15) is 39.5 Å². The largest absolute Gasteiger partial charge is 0.395 e. The minimum atomic E-state index is -3.28. The van der Waals surface area contributed by atoms with Gasteiger partial charge < -0.3 is 10.4 Å². The van der Waals surface area contributed by atoms with E-state index in [0.717, 1.165) is 32.2 Å². The molecule has 0 aromatic heterocycles. The van der Waals surface area contributed by atoms with Crippen molar-refractivity contribution in [2.75, 3.05) is 25.4 Å². The average molecular weight is 278 g/mol. The first-order chi connectivity index (χ1) is 8.55. The molecule has 5 nitrogen and oxygen atoms in total. The van der Waals surface area contributed by atoms with Crippen molar-refractivity contribution in [2.45, 2.75) is 51.6 Å². The van der Waals surface area contributed by atoms with Crippen LogP contribution in [0.15, 0.2) is 0 Å². The van der Waals surface area contributed by atoms with Gasteiger partial charge in [-0.15, -0.1) is 0 Å². The number of sulfonamides is 1. The van der Waals surface area contributed by atoms with Gasteiger partial charge in [-0.1, -0.05) is 13.8 Å². The molecule has 6 heteroatoms. The van der Waals surface area contributed by atoms with Gasteiger partial charge in [-0.25, -0.2) is 8.42 Å². The van der Waals surface area contributed by atoms with Gasteiger partial charge in [0.15, 0.2) is 0 Å². The summed E-state index contributed by atoms with van der Waals surface area (Å²) < 4.78 is 26.3. The molecule has 1 atom stereocenters. The van der Waals surface area contributed by atoms with Crippen LogP contribution in [-0.2, 0) is 10.0 Å². The number of hydrogen-bond acceptors (Lipinski definition) is 4. The van der Waals surface area contributed by atoms with Gasteiger partial charge in [0, 0.05) is 18.6 Å². The molecule has 0 saturated carbocycles. The summed E-state index contributed by atoms with van der Waals surface area (Å²) in [6.07, 6.45) is 3.54. The third-order valence-electron chi connectivity index (χ3n) is 3.60. The van der Waals surface area contributed by atoms with Crippen LogP contribution in [0.4, 0.5) is 0 Å². The van der Waals surface area contributed by atoms with E-state index in [1.165, 1.54) is 4.31 Å². The zero-order valence-corrected chi connectivity index (χ0v) is 12.2. The Balaban J connectivity index is 2.74. The molecule has 18 heavy (non-hydrogen) atoms. The summed E-state index contributed by atoms with van der Waals surface area (Å²) in [5.41, 5.74) is 0. The highest BCUT2D eigenvalue weighted by Crippen LogP contribution is 2.17. The maximum atomic E-state index is 12.4. The van der Waals surface area contributed by atoms with Crippen LogP contribution in [0.3, 0.4) is 0 Å². The molecule has 1 saturated heterocycles. The lowest BCUT2D eigenvalue weighted by molar-refractivity contribution is 0.219. The zero-order valence-electron chi connectivity index (χ0n) is 11.4. The molecular weight excluding hydrogens is 252 g/mol. The lowest BCUT2D eigenvalue weighted by Gasteiger charge is -2.30. The van der Waals surface area contributed by atoms with Crippen molar-refractivity contribution in [3.8, 4) is 0 Å². The molecule has 1 rings (SSSR count). The van der Waals surface area contributed by atoms with Crippen molar-refractivity contribution in [2.24, 2.45) is 0 Å². The van der Waals surface area contributed by atoms with E-state index >= 15 is 0 Å². The van der Waals surface area contributed by atoms with Crippen LogP contribution in [-0.4, -0.2) is 55.4 Å². The molecule has 0 aliphatic carbocycles. The Kier molecular flexibility index (Phi) is 6.55. The summed E-state index contributed by atoms with van der Waals surface area (Å²) >= 11 is 0. The van der Waals surface area contributed by atoms with E-state index in [1.807, 2.05) is 13.8 Å². The molecule has 1 unspecified atom stereocenters. The van der Waals surface area contributed by atoms with Gasteiger partial charge in [0.05, 0.1) is 12.4 Å². The third-order valence-corrected chi connectivity index (χ3v) is 5.62. The Hall–Kier alpha value is -0.170. The zero-order chi connectivity index (χ0) is 13.6. The van der Waals surface area contributed by atoms with Gasteiger partial charge in [0.1, 0.15) is 0 Å². The Bertz CT molecular complexity index is 322. The average Bonchev–Trinajstić information content (AvgIpc) is 2.81. The number of nitrogens with one attached hydrogen (secondary N) is 1. The minimum Gasteiger partial charge on any atom is -0.395 e. The lowest BCUT2D eigenvalue weighted by Crippen LogP contribution is -2.46. The molecule has 0 amide bonds. The standard InChI is InChI=1S/C12H26N2O3S/c1-3-12(4-2)14(8-9-15)18(16,17)10-11-6-5-7-13-11/h11-13,15H,3-10H2,1-2H3. The highest BCUT2D eigenvalue weighted by Gasteiger charge is 2.31. The van der Waals surface area contributed by atoms with E-state index in [4.69, 9.17) is 5.11 Å². The molecule has 1 heterocycles. The highest BCUT2D eigenvalue weighted by molar-refractivity contribution is 7.89. The molecule has 1 fully saturated rings. The smallest absolute Gasteiger partial charge is 0.215 e. The number of hydrogen-bond donors (Lipinski definition) is 2. The van der Waals surface area contributed by atoms with Gasteiger partial charge in [0.25, 0.3) is 0 Å². The van der Waals surface area contributed by atoms with Gasteiger partial charge in [0.2, 0.25) is 10.0 Å². The Morgan fingerprint density at radius 3 is 2.50 bits per heavy atom. The van der Waals surface area contributed by atoms with E-state index in [9.17, 15) is 8.42 Å². The molecule has 0 radical (unpaired) electrons. The van der Waals surface area contributed by atoms with Crippen LogP contribution in [0.5, 0.6) is 0 Å². The summed E-state index contributed by atoms with van der Waals surface area (Å²) in [6.45, 7) is 4.98. The maximum Gasteiger partial charge on any atom is 0.215 e. The van der Waals surface area contributed by atoms with E-state index in [2.05, 4.69) is 5.32 Å². The second-order valence-corrected chi connectivity index (χ2v) is 6.84. The fourth-order valence-corrected chi connectivity index (χ4v) is 4.69. The van der Waals surface area contributed by atoms with Crippen molar-refractivity contribution in [1.82, 2.24) is 9.62 Å². The van der Waals surface area contributed by atoms with Crippen LogP contribution in [0.25, 0.3) is 0 Å². The van der Waals surface area contributed by atoms with Gasteiger partial charge in [-0.2, -0.15) is 4.31 Å². The molecule has 0 aromatic carbocycles. The summed E-state index contributed by atoms with van der Waals surface area (Å²) in [5, 5.41) is 12.3. The number of rotatable bonds is 8. The van der Waals surface area contributed by atoms with Crippen molar-refractivity contribution < 1.29 is 13.5 Å². The van der Waals surface area contributed by atoms with Crippen LogP contribution in [0, 0.1) is 0 Å².